The number of para-hydroxylation sites is 2. The summed E-state index contributed by atoms with van der Waals surface area (Å²) in [5, 5.41) is 0. The van der Waals surface area contributed by atoms with Crippen LogP contribution in [0.15, 0.2) is 95.8 Å². The van der Waals surface area contributed by atoms with Gasteiger partial charge in [-0.05, 0) is 42.7 Å². The van der Waals surface area contributed by atoms with E-state index in [1.54, 1.807) is 0 Å². The standard InChI is InChI=1S/C31H35N2O/c1-30(2)24-11-7-9-13-26(24)32(5)28(30)17-15-22-19-23(21-34-20-22)16-18-29-31(3,4)25-12-8-10-14-27(25)33(29)6/h7-19H,20-21H2,1-6H3/q+1. The van der Waals surface area contributed by atoms with Gasteiger partial charge < -0.3 is 9.64 Å². The third-order valence-electron chi connectivity index (χ3n) is 7.70. The molecule has 3 aliphatic rings. The Labute approximate surface area is 204 Å². The van der Waals surface area contributed by atoms with Gasteiger partial charge in [-0.25, -0.2) is 0 Å². The van der Waals surface area contributed by atoms with Gasteiger partial charge in [-0.1, -0.05) is 68.5 Å². The van der Waals surface area contributed by atoms with Crippen molar-refractivity contribution in [2.45, 2.75) is 38.5 Å². The molecule has 2 aromatic carbocycles. The highest BCUT2D eigenvalue weighted by Gasteiger charge is 2.42. The number of hydrogen-bond acceptors (Lipinski definition) is 2. The predicted molar refractivity (Wildman–Crippen MR) is 142 cm³/mol. The lowest BCUT2D eigenvalue weighted by Gasteiger charge is -2.24. The first-order valence-electron chi connectivity index (χ1n) is 12.1. The van der Waals surface area contributed by atoms with Crippen LogP contribution in [-0.2, 0) is 15.6 Å². The van der Waals surface area contributed by atoms with E-state index in [-0.39, 0.29) is 10.8 Å². The summed E-state index contributed by atoms with van der Waals surface area (Å²) in [5.41, 5.74) is 10.3. The highest BCUT2D eigenvalue weighted by molar-refractivity contribution is 6.03. The van der Waals surface area contributed by atoms with Gasteiger partial charge in [0, 0.05) is 41.6 Å². The number of ether oxygens (including phenoxy) is 1. The first kappa shape index (κ1) is 22.6. The molecule has 0 fully saturated rings. The molecule has 0 aliphatic carbocycles. The molecule has 0 amide bonds. The Balaban J connectivity index is 1.41. The third-order valence-corrected chi connectivity index (χ3v) is 7.70. The summed E-state index contributed by atoms with van der Waals surface area (Å²) in [4.78, 5) is 2.31. The van der Waals surface area contributed by atoms with Crippen LogP contribution >= 0.6 is 0 Å². The van der Waals surface area contributed by atoms with Gasteiger partial charge in [0.15, 0.2) is 5.71 Å². The van der Waals surface area contributed by atoms with Gasteiger partial charge in [-0.3, -0.25) is 0 Å². The van der Waals surface area contributed by atoms with Crippen LogP contribution in [0.4, 0.5) is 11.4 Å². The van der Waals surface area contributed by atoms with Crippen LogP contribution in [0.2, 0.25) is 0 Å². The zero-order valence-electron chi connectivity index (χ0n) is 21.2. The molecule has 5 rings (SSSR count). The fraction of sp³-hybridized carbons (Fsp3) is 0.323. The molecule has 0 atom stereocenters. The SMILES string of the molecule is CN1/C(=C\C=C2C=C(/C=C/C3=[N+](C)c4ccccc4C3(C)C)COC/2)C(C)(C)c2ccccc21. The van der Waals surface area contributed by atoms with E-state index in [4.69, 9.17) is 4.74 Å². The summed E-state index contributed by atoms with van der Waals surface area (Å²) in [7, 11) is 4.32. The van der Waals surface area contributed by atoms with E-state index in [9.17, 15) is 0 Å². The summed E-state index contributed by atoms with van der Waals surface area (Å²) in [6, 6.07) is 17.4. The second kappa shape index (κ2) is 8.25. The summed E-state index contributed by atoms with van der Waals surface area (Å²) < 4.78 is 8.27. The molecule has 3 aliphatic heterocycles. The lowest BCUT2D eigenvalue weighted by atomic mass is 9.81. The minimum atomic E-state index is -0.0192. The number of allylic oxidation sites excluding steroid dienone is 4. The van der Waals surface area contributed by atoms with Crippen LogP contribution < -0.4 is 4.90 Å². The molecule has 3 heterocycles. The highest BCUT2D eigenvalue weighted by atomic mass is 16.5. The normalized spacial score (nSPS) is 23.1. The zero-order valence-corrected chi connectivity index (χ0v) is 21.2. The van der Waals surface area contributed by atoms with Crippen molar-refractivity contribution >= 4 is 17.1 Å². The molecule has 3 nitrogen and oxygen atoms in total. The monoisotopic (exact) mass is 451 g/mol. The Morgan fingerprint density at radius 1 is 0.853 bits per heavy atom. The minimum absolute atomic E-state index is 0.0192. The van der Waals surface area contributed by atoms with Crippen molar-refractivity contribution in [2.75, 3.05) is 32.2 Å². The number of fused-ring (bicyclic) bond motifs is 2. The van der Waals surface area contributed by atoms with Crippen molar-refractivity contribution in [3.05, 3.63) is 107 Å². The fourth-order valence-corrected chi connectivity index (χ4v) is 5.78. The smallest absolute Gasteiger partial charge is 0.209 e. The number of likely N-dealkylation sites (N-methyl/N-ethyl adjacent to an activating group) is 1. The maximum Gasteiger partial charge on any atom is 0.209 e. The van der Waals surface area contributed by atoms with Gasteiger partial charge in [-0.2, -0.15) is 4.58 Å². The first-order chi connectivity index (χ1) is 16.2. The molecule has 0 aromatic heterocycles. The number of nitrogens with zero attached hydrogens (tertiary/aromatic N) is 2. The summed E-state index contributed by atoms with van der Waals surface area (Å²) >= 11 is 0. The lowest BCUT2D eigenvalue weighted by molar-refractivity contribution is -0.401. The van der Waals surface area contributed by atoms with E-state index in [1.165, 1.54) is 45.1 Å². The van der Waals surface area contributed by atoms with Gasteiger partial charge in [0.1, 0.15) is 7.05 Å². The van der Waals surface area contributed by atoms with Crippen molar-refractivity contribution in [1.29, 1.82) is 0 Å². The topological polar surface area (TPSA) is 15.5 Å². The van der Waals surface area contributed by atoms with Crippen LogP contribution in [0.5, 0.6) is 0 Å². The molecule has 0 saturated carbocycles. The molecule has 174 valence electrons. The third kappa shape index (κ3) is 3.59. The van der Waals surface area contributed by atoms with Gasteiger partial charge in [-0.15, -0.1) is 0 Å². The molecular formula is C31H35N2O+. The summed E-state index contributed by atoms with van der Waals surface area (Å²) in [6.45, 7) is 10.5. The highest BCUT2D eigenvalue weighted by Crippen LogP contribution is 2.46. The van der Waals surface area contributed by atoms with E-state index in [1.807, 2.05) is 0 Å². The average molecular weight is 452 g/mol. The van der Waals surface area contributed by atoms with Crippen LogP contribution in [0.1, 0.15) is 38.8 Å². The largest absolute Gasteiger partial charge is 0.372 e. The van der Waals surface area contributed by atoms with Gasteiger partial charge >= 0.3 is 0 Å². The number of benzene rings is 2. The predicted octanol–water partition coefficient (Wildman–Crippen LogP) is 6.44. The molecule has 0 unspecified atom stereocenters. The van der Waals surface area contributed by atoms with Gasteiger partial charge in [0.2, 0.25) is 5.69 Å². The van der Waals surface area contributed by atoms with Crippen molar-refractivity contribution in [3.63, 3.8) is 0 Å². The van der Waals surface area contributed by atoms with E-state index in [2.05, 4.69) is 130 Å². The number of anilines is 1. The van der Waals surface area contributed by atoms with Crippen LogP contribution in [0.25, 0.3) is 0 Å². The van der Waals surface area contributed by atoms with Crippen LogP contribution in [0, 0.1) is 0 Å². The second-order valence-electron chi connectivity index (χ2n) is 10.6. The number of hydrogen-bond donors (Lipinski definition) is 0. The quantitative estimate of drug-likeness (QED) is 0.499. The number of rotatable bonds is 3. The van der Waals surface area contributed by atoms with Gasteiger partial charge in [0.05, 0.1) is 18.6 Å². The van der Waals surface area contributed by atoms with Crippen LogP contribution in [-0.4, -0.2) is 37.6 Å². The van der Waals surface area contributed by atoms with Gasteiger partial charge in [0.25, 0.3) is 0 Å². The molecular weight excluding hydrogens is 416 g/mol. The van der Waals surface area contributed by atoms with E-state index in [0.717, 1.165) is 0 Å². The average Bonchev–Trinajstić information content (AvgIpc) is 3.15. The van der Waals surface area contributed by atoms with Crippen molar-refractivity contribution in [2.24, 2.45) is 0 Å². The van der Waals surface area contributed by atoms with Crippen molar-refractivity contribution < 1.29 is 9.31 Å². The molecule has 0 saturated heterocycles. The van der Waals surface area contributed by atoms with E-state index >= 15 is 0 Å². The van der Waals surface area contributed by atoms with Crippen molar-refractivity contribution in [1.82, 2.24) is 0 Å². The Morgan fingerprint density at radius 3 is 2.29 bits per heavy atom. The Morgan fingerprint density at radius 2 is 1.56 bits per heavy atom. The lowest BCUT2D eigenvalue weighted by Crippen LogP contribution is -2.26. The molecule has 3 heteroatoms. The van der Waals surface area contributed by atoms with E-state index < -0.39 is 0 Å². The molecule has 34 heavy (non-hydrogen) atoms. The maximum atomic E-state index is 5.95. The summed E-state index contributed by atoms with van der Waals surface area (Å²) in [5.74, 6) is 0. The first-order valence-corrected chi connectivity index (χ1v) is 12.1. The minimum Gasteiger partial charge on any atom is -0.372 e. The Kier molecular flexibility index (Phi) is 5.49. The molecule has 2 aromatic rings. The Hall–Kier alpha value is -3.17. The Bertz CT molecular complexity index is 1300. The van der Waals surface area contributed by atoms with E-state index in [0.29, 0.717) is 13.2 Å². The maximum absolute atomic E-state index is 5.95. The molecule has 0 N–H and O–H groups in total. The second-order valence-corrected chi connectivity index (χ2v) is 10.6. The molecule has 0 radical (unpaired) electrons. The fourth-order valence-electron chi connectivity index (χ4n) is 5.78. The van der Waals surface area contributed by atoms with Crippen LogP contribution in [0.3, 0.4) is 0 Å². The molecule has 0 bridgehead atoms. The summed E-state index contributed by atoms with van der Waals surface area (Å²) in [6.07, 6.45) is 11.3. The van der Waals surface area contributed by atoms with Crippen molar-refractivity contribution in [3.8, 4) is 0 Å². The molecule has 0 spiro atoms. The zero-order chi connectivity index (χ0) is 24.1.